The first-order valence-corrected chi connectivity index (χ1v) is 6.58. The van der Waals surface area contributed by atoms with Gasteiger partial charge >= 0.3 is 0 Å². The summed E-state index contributed by atoms with van der Waals surface area (Å²) in [5, 5.41) is 3.07. The van der Waals surface area contributed by atoms with E-state index in [4.69, 9.17) is 0 Å². The minimum absolute atomic E-state index is 0.253. The predicted molar refractivity (Wildman–Crippen MR) is 73.0 cm³/mol. The molecule has 112 valence electrons. The van der Waals surface area contributed by atoms with Crippen LogP contribution < -0.4 is 5.32 Å². The lowest BCUT2D eigenvalue weighted by molar-refractivity contribution is 0.442. The molecule has 1 atom stereocenters. The topological polar surface area (TPSA) is 12.0 Å². The molecule has 1 unspecified atom stereocenters. The second-order valence-electron chi connectivity index (χ2n) is 4.79. The minimum atomic E-state index is -1.50. The fourth-order valence-electron chi connectivity index (χ4n) is 2.32. The second-order valence-corrected chi connectivity index (χ2v) is 4.79. The molecule has 0 fully saturated rings. The molecule has 0 saturated carbocycles. The van der Waals surface area contributed by atoms with Crippen LogP contribution in [-0.2, 0) is 0 Å². The molecule has 0 aromatic heterocycles. The molecule has 0 bridgehead atoms. The zero-order chi connectivity index (χ0) is 15.6. The van der Waals surface area contributed by atoms with E-state index in [2.05, 4.69) is 5.32 Å². The van der Waals surface area contributed by atoms with Crippen molar-refractivity contribution >= 4 is 0 Å². The van der Waals surface area contributed by atoms with Gasteiger partial charge < -0.3 is 5.32 Å². The van der Waals surface area contributed by atoms with Gasteiger partial charge in [0.25, 0.3) is 0 Å². The number of nitrogens with one attached hydrogen (secondary N) is 1. The Hall–Kier alpha value is -1.88. The van der Waals surface area contributed by atoms with Gasteiger partial charge in [-0.3, -0.25) is 0 Å². The van der Waals surface area contributed by atoms with Crippen LogP contribution in [-0.4, -0.2) is 6.54 Å². The van der Waals surface area contributed by atoms with Gasteiger partial charge in [-0.2, -0.15) is 0 Å². The first-order valence-electron chi connectivity index (χ1n) is 6.58. The van der Waals surface area contributed by atoms with Crippen molar-refractivity contribution in [2.45, 2.75) is 19.9 Å². The molecule has 0 amide bonds. The lowest BCUT2D eigenvalue weighted by Crippen LogP contribution is -2.23. The van der Waals surface area contributed by atoms with Crippen LogP contribution in [0.1, 0.15) is 29.7 Å². The zero-order valence-corrected chi connectivity index (χ0v) is 11.7. The Morgan fingerprint density at radius 1 is 1.00 bits per heavy atom. The highest BCUT2D eigenvalue weighted by atomic mass is 19.2. The van der Waals surface area contributed by atoms with Gasteiger partial charge in [0.2, 0.25) is 0 Å². The summed E-state index contributed by atoms with van der Waals surface area (Å²) >= 11 is 0. The largest absolute Gasteiger partial charge is 0.307 e. The van der Waals surface area contributed by atoms with Gasteiger partial charge in [0, 0.05) is 0 Å². The molecule has 0 aliphatic heterocycles. The molecular formula is C16H15F4N. The van der Waals surface area contributed by atoms with Crippen molar-refractivity contribution in [2.24, 2.45) is 0 Å². The monoisotopic (exact) mass is 297 g/mol. The molecule has 0 aliphatic carbocycles. The molecule has 0 heterocycles. The Morgan fingerprint density at radius 2 is 1.62 bits per heavy atom. The minimum Gasteiger partial charge on any atom is -0.307 e. The van der Waals surface area contributed by atoms with Crippen LogP contribution >= 0.6 is 0 Å². The van der Waals surface area contributed by atoms with Gasteiger partial charge in [-0.25, -0.2) is 17.6 Å². The molecule has 0 saturated heterocycles. The summed E-state index contributed by atoms with van der Waals surface area (Å²) in [5.41, 5.74) is 1.58. The molecule has 0 spiro atoms. The van der Waals surface area contributed by atoms with Gasteiger partial charge in [0.05, 0.1) is 6.04 Å². The summed E-state index contributed by atoms with van der Waals surface area (Å²) in [4.78, 5) is 0. The van der Waals surface area contributed by atoms with E-state index in [-0.39, 0.29) is 11.4 Å². The maximum Gasteiger partial charge on any atom is 0.194 e. The SMILES string of the molecule is CCNC(c1cc(F)c(F)c(F)c1)c1ccc(F)cc1C. The van der Waals surface area contributed by atoms with E-state index < -0.39 is 23.5 Å². The average molecular weight is 297 g/mol. The third-order valence-corrected chi connectivity index (χ3v) is 3.29. The highest BCUT2D eigenvalue weighted by Crippen LogP contribution is 2.27. The average Bonchev–Trinajstić information content (AvgIpc) is 2.42. The van der Waals surface area contributed by atoms with Crippen molar-refractivity contribution in [3.63, 3.8) is 0 Å². The summed E-state index contributed by atoms with van der Waals surface area (Å²) in [6.45, 7) is 4.07. The third-order valence-electron chi connectivity index (χ3n) is 3.29. The van der Waals surface area contributed by atoms with Crippen LogP contribution in [0.2, 0.25) is 0 Å². The number of benzene rings is 2. The molecule has 2 rings (SSSR count). The Balaban J connectivity index is 2.53. The Morgan fingerprint density at radius 3 is 2.14 bits per heavy atom. The summed E-state index contributed by atoms with van der Waals surface area (Å²) in [6.07, 6.45) is 0. The van der Waals surface area contributed by atoms with E-state index in [9.17, 15) is 17.6 Å². The fourth-order valence-corrected chi connectivity index (χ4v) is 2.32. The second kappa shape index (κ2) is 6.26. The van der Waals surface area contributed by atoms with Crippen molar-refractivity contribution in [1.82, 2.24) is 5.32 Å². The molecule has 1 N–H and O–H groups in total. The van der Waals surface area contributed by atoms with Crippen molar-refractivity contribution in [3.8, 4) is 0 Å². The van der Waals surface area contributed by atoms with Crippen LogP contribution in [0.15, 0.2) is 30.3 Å². The number of hydrogen-bond acceptors (Lipinski definition) is 1. The highest BCUT2D eigenvalue weighted by Gasteiger charge is 2.20. The first-order chi connectivity index (χ1) is 9.93. The Labute approximate surface area is 120 Å². The van der Waals surface area contributed by atoms with Crippen LogP contribution in [0.4, 0.5) is 17.6 Å². The lowest BCUT2D eigenvalue weighted by Gasteiger charge is -2.21. The van der Waals surface area contributed by atoms with Gasteiger partial charge in [0.15, 0.2) is 17.5 Å². The van der Waals surface area contributed by atoms with Crippen LogP contribution in [0.3, 0.4) is 0 Å². The third kappa shape index (κ3) is 3.24. The van der Waals surface area contributed by atoms with Gasteiger partial charge in [-0.1, -0.05) is 13.0 Å². The maximum atomic E-state index is 13.4. The van der Waals surface area contributed by atoms with Crippen molar-refractivity contribution < 1.29 is 17.6 Å². The molecule has 0 radical (unpaired) electrons. The van der Waals surface area contributed by atoms with Gasteiger partial charge in [0.1, 0.15) is 5.82 Å². The smallest absolute Gasteiger partial charge is 0.194 e. The molecule has 21 heavy (non-hydrogen) atoms. The van der Waals surface area contributed by atoms with E-state index in [0.29, 0.717) is 17.7 Å². The summed E-state index contributed by atoms with van der Waals surface area (Å²) in [5.74, 6) is -4.37. The van der Waals surface area contributed by atoms with Gasteiger partial charge in [-0.15, -0.1) is 0 Å². The molecule has 2 aromatic rings. The molecule has 5 heteroatoms. The quantitative estimate of drug-likeness (QED) is 0.657. The molecule has 2 aromatic carbocycles. The Kier molecular flexibility index (Phi) is 4.63. The molecule has 1 nitrogen and oxygen atoms in total. The standard InChI is InChI=1S/C16H15F4N/c1-3-21-16(12-5-4-11(17)6-9(12)2)10-7-13(18)15(20)14(19)8-10/h4-8,16,21H,3H2,1-2H3. The van der Waals surface area contributed by atoms with Crippen molar-refractivity contribution in [1.29, 1.82) is 0 Å². The summed E-state index contributed by atoms with van der Waals surface area (Å²) in [7, 11) is 0. The lowest BCUT2D eigenvalue weighted by atomic mass is 9.94. The van der Waals surface area contributed by atoms with Crippen molar-refractivity contribution in [2.75, 3.05) is 6.54 Å². The van der Waals surface area contributed by atoms with Gasteiger partial charge in [-0.05, 0) is 54.4 Å². The molecular weight excluding hydrogens is 282 g/mol. The fraction of sp³-hybridized carbons (Fsp3) is 0.250. The predicted octanol–water partition coefficient (Wildman–Crippen LogP) is 4.25. The van der Waals surface area contributed by atoms with E-state index in [1.54, 1.807) is 13.0 Å². The molecule has 0 aliphatic rings. The van der Waals surface area contributed by atoms with E-state index in [1.807, 2.05) is 6.92 Å². The van der Waals surface area contributed by atoms with Crippen LogP contribution in [0.25, 0.3) is 0 Å². The number of rotatable bonds is 4. The van der Waals surface area contributed by atoms with E-state index in [1.165, 1.54) is 12.1 Å². The normalized spacial score (nSPS) is 12.5. The summed E-state index contributed by atoms with van der Waals surface area (Å²) in [6, 6.07) is 5.54. The summed E-state index contributed by atoms with van der Waals surface area (Å²) < 4.78 is 53.1. The van der Waals surface area contributed by atoms with Crippen LogP contribution in [0, 0.1) is 30.2 Å². The number of hydrogen-bond donors (Lipinski definition) is 1. The van der Waals surface area contributed by atoms with E-state index >= 15 is 0 Å². The Bertz CT molecular complexity index is 632. The van der Waals surface area contributed by atoms with Crippen molar-refractivity contribution in [3.05, 3.63) is 70.3 Å². The number of aryl methyl sites for hydroxylation is 1. The highest BCUT2D eigenvalue weighted by molar-refractivity contribution is 5.37. The van der Waals surface area contributed by atoms with E-state index in [0.717, 1.165) is 12.1 Å². The maximum absolute atomic E-state index is 13.4. The number of halogens is 4. The zero-order valence-electron chi connectivity index (χ0n) is 11.7. The first kappa shape index (κ1) is 15.5. The van der Waals surface area contributed by atoms with Crippen LogP contribution in [0.5, 0.6) is 0 Å².